The molecule has 1 aromatic carbocycles. The molecule has 5 rings (SSSR count). The minimum absolute atomic E-state index is 0.0338. The number of nitrogens with one attached hydrogen (secondary N) is 2. The summed E-state index contributed by atoms with van der Waals surface area (Å²) in [5.41, 5.74) is 0.191. The Morgan fingerprint density at radius 1 is 1.07 bits per heavy atom. The van der Waals surface area contributed by atoms with E-state index in [1.807, 2.05) is 13.8 Å². The van der Waals surface area contributed by atoms with Crippen LogP contribution in [-0.4, -0.2) is 26.9 Å². The lowest BCUT2D eigenvalue weighted by atomic mass is 9.49. The van der Waals surface area contributed by atoms with Crippen molar-refractivity contribution in [3.05, 3.63) is 28.2 Å². The molecule has 0 saturated heterocycles. The lowest BCUT2D eigenvalue weighted by Gasteiger charge is -2.57. The SMILES string of the molecule is CC(C)C(NS(=O)(=O)c1c(Cl)cccc1Cl)C(=O)NCC12CC3CC(CC(C3)C1)C2. The molecule has 166 valence electrons. The second-order valence-corrected chi connectivity index (χ2v) is 12.5. The molecule has 4 fully saturated rings. The van der Waals surface area contributed by atoms with Crippen molar-refractivity contribution in [3.8, 4) is 0 Å². The van der Waals surface area contributed by atoms with Crippen LogP contribution in [0, 0.1) is 29.1 Å². The molecule has 4 saturated carbocycles. The van der Waals surface area contributed by atoms with Crippen molar-refractivity contribution in [2.45, 2.75) is 63.3 Å². The van der Waals surface area contributed by atoms with Gasteiger partial charge in [-0.15, -0.1) is 0 Å². The van der Waals surface area contributed by atoms with Crippen LogP contribution in [0.3, 0.4) is 0 Å². The Hall–Kier alpha value is -0.820. The molecular formula is C22H30Cl2N2O3S. The fourth-order valence-corrected chi connectivity index (χ4v) is 8.84. The summed E-state index contributed by atoms with van der Waals surface area (Å²) < 4.78 is 28.5. The van der Waals surface area contributed by atoms with Crippen LogP contribution in [0.2, 0.25) is 10.0 Å². The minimum Gasteiger partial charge on any atom is -0.354 e. The Kier molecular flexibility index (Phi) is 6.17. The van der Waals surface area contributed by atoms with Gasteiger partial charge in [-0.1, -0.05) is 43.1 Å². The van der Waals surface area contributed by atoms with E-state index in [1.165, 1.54) is 50.7 Å². The van der Waals surface area contributed by atoms with Crippen LogP contribution in [-0.2, 0) is 14.8 Å². The van der Waals surface area contributed by atoms with E-state index < -0.39 is 16.1 Å². The predicted molar refractivity (Wildman–Crippen MR) is 119 cm³/mol. The third-order valence-corrected chi connectivity index (χ3v) is 9.62. The highest BCUT2D eigenvalue weighted by Crippen LogP contribution is 2.59. The molecule has 1 atom stereocenters. The van der Waals surface area contributed by atoms with Gasteiger partial charge in [-0.2, -0.15) is 4.72 Å². The molecule has 0 heterocycles. The Labute approximate surface area is 189 Å². The van der Waals surface area contributed by atoms with Crippen LogP contribution < -0.4 is 10.0 Å². The summed E-state index contributed by atoms with van der Waals surface area (Å²) in [7, 11) is -4.05. The molecule has 4 aliphatic rings. The first kappa shape index (κ1) is 22.4. The van der Waals surface area contributed by atoms with E-state index >= 15 is 0 Å². The summed E-state index contributed by atoms with van der Waals surface area (Å²) in [6.45, 7) is 4.28. The fraction of sp³-hybridized carbons (Fsp3) is 0.682. The molecule has 5 nitrogen and oxygen atoms in total. The molecule has 0 aromatic heterocycles. The Morgan fingerprint density at radius 3 is 2.03 bits per heavy atom. The topological polar surface area (TPSA) is 75.3 Å². The molecule has 8 heteroatoms. The van der Waals surface area contributed by atoms with Gasteiger partial charge in [0, 0.05) is 6.54 Å². The van der Waals surface area contributed by atoms with Gasteiger partial charge in [-0.25, -0.2) is 8.42 Å². The molecule has 1 aromatic rings. The molecule has 0 radical (unpaired) electrons. The number of carbonyl (C=O) groups is 1. The number of hydrogen-bond acceptors (Lipinski definition) is 3. The standard InChI is InChI=1S/C22H30Cl2N2O3S/c1-13(2)19(26-30(28,29)20-17(23)4-3-5-18(20)24)21(27)25-12-22-9-14-6-15(10-22)8-16(7-14)11-22/h3-5,13-16,19,26H,6-12H2,1-2H3,(H,25,27). The van der Waals surface area contributed by atoms with E-state index in [2.05, 4.69) is 10.0 Å². The van der Waals surface area contributed by atoms with Gasteiger partial charge < -0.3 is 5.32 Å². The van der Waals surface area contributed by atoms with E-state index in [4.69, 9.17) is 23.2 Å². The normalized spacial score (nSPS) is 31.2. The summed E-state index contributed by atoms with van der Waals surface area (Å²) in [4.78, 5) is 12.9. The Morgan fingerprint density at radius 2 is 1.57 bits per heavy atom. The van der Waals surface area contributed by atoms with Crippen molar-refractivity contribution in [2.75, 3.05) is 6.54 Å². The number of hydrogen-bond donors (Lipinski definition) is 2. The summed E-state index contributed by atoms with van der Waals surface area (Å²) in [6, 6.07) is 3.64. The summed E-state index contributed by atoms with van der Waals surface area (Å²) in [6.07, 6.45) is 7.60. The number of amides is 1. The van der Waals surface area contributed by atoms with Crippen molar-refractivity contribution in [3.63, 3.8) is 0 Å². The van der Waals surface area contributed by atoms with Crippen molar-refractivity contribution in [1.29, 1.82) is 0 Å². The van der Waals surface area contributed by atoms with Gasteiger partial charge in [-0.3, -0.25) is 4.79 Å². The van der Waals surface area contributed by atoms with E-state index in [1.54, 1.807) is 6.07 Å². The van der Waals surface area contributed by atoms with Crippen LogP contribution in [0.1, 0.15) is 52.4 Å². The second kappa shape index (κ2) is 8.27. The summed E-state index contributed by atoms with van der Waals surface area (Å²) in [5, 5.41) is 3.16. The molecule has 1 unspecified atom stereocenters. The van der Waals surface area contributed by atoms with Gasteiger partial charge in [0.05, 0.1) is 10.0 Å². The molecule has 0 spiro atoms. The Balaban J connectivity index is 1.46. The van der Waals surface area contributed by atoms with Crippen LogP contribution >= 0.6 is 23.2 Å². The number of halogens is 2. The molecule has 4 aliphatic carbocycles. The number of carbonyl (C=O) groups excluding carboxylic acids is 1. The number of benzene rings is 1. The highest BCUT2D eigenvalue weighted by molar-refractivity contribution is 7.89. The van der Waals surface area contributed by atoms with Crippen LogP contribution in [0.4, 0.5) is 0 Å². The van der Waals surface area contributed by atoms with Gasteiger partial charge in [0.15, 0.2) is 0 Å². The smallest absolute Gasteiger partial charge is 0.244 e. The first-order valence-corrected chi connectivity index (χ1v) is 13.1. The van der Waals surface area contributed by atoms with Gasteiger partial charge in [0.1, 0.15) is 10.9 Å². The maximum absolute atomic E-state index is 13.1. The van der Waals surface area contributed by atoms with E-state index in [9.17, 15) is 13.2 Å². The molecule has 1 amide bonds. The highest BCUT2D eigenvalue weighted by atomic mass is 35.5. The van der Waals surface area contributed by atoms with Gasteiger partial charge in [0.25, 0.3) is 0 Å². The van der Waals surface area contributed by atoms with Crippen molar-refractivity contribution in [1.82, 2.24) is 10.0 Å². The average molecular weight is 473 g/mol. The zero-order valence-electron chi connectivity index (χ0n) is 17.5. The van der Waals surface area contributed by atoms with Gasteiger partial charge in [0.2, 0.25) is 15.9 Å². The van der Waals surface area contributed by atoms with Gasteiger partial charge >= 0.3 is 0 Å². The molecule has 4 bridgehead atoms. The third kappa shape index (κ3) is 4.38. The van der Waals surface area contributed by atoms with E-state index in [-0.39, 0.29) is 32.2 Å². The van der Waals surface area contributed by atoms with Crippen molar-refractivity contribution < 1.29 is 13.2 Å². The quantitative estimate of drug-likeness (QED) is 0.607. The monoisotopic (exact) mass is 472 g/mol. The molecular weight excluding hydrogens is 443 g/mol. The van der Waals surface area contributed by atoms with Crippen LogP contribution in [0.5, 0.6) is 0 Å². The highest BCUT2D eigenvalue weighted by Gasteiger charge is 2.51. The first-order valence-electron chi connectivity index (χ1n) is 10.8. The van der Waals surface area contributed by atoms with Crippen molar-refractivity contribution >= 4 is 39.1 Å². The Bertz CT molecular complexity index is 877. The average Bonchev–Trinajstić information content (AvgIpc) is 2.62. The van der Waals surface area contributed by atoms with E-state index in [0.29, 0.717) is 6.54 Å². The summed E-state index contributed by atoms with van der Waals surface area (Å²) in [5.74, 6) is 1.89. The number of rotatable bonds is 7. The zero-order chi connectivity index (χ0) is 21.7. The van der Waals surface area contributed by atoms with Crippen molar-refractivity contribution in [2.24, 2.45) is 29.1 Å². The maximum Gasteiger partial charge on any atom is 0.244 e. The van der Waals surface area contributed by atoms with Crippen LogP contribution in [0.15, 0.2) is 23.1 Å². The minimum atomic E-state index is -4.05. The molecule has 2 N–H and O–H groups in total. The van der Waals surface area contributed by atoms with Gasteiger partial charge in [-0.05, 0) is 79.7 Å². The number of sulfonamides is 1. The lowest BCUT2D eigenvalue weighted by molar-refractivity contribution is -0.125. The third-order valence-electron chi connectivity index (χ3n) is 7.22. The largest absolute Gasteiger partial charge is 0.354 e. The predicted octanol–water partition coefficient (Wildman–Crippen LogP) is 4.63. The summed E-state index contributed by atoms with van der Waals surface area (Å²) >= 11 is 12.2. The fourth-order valence-electron chi connectivity index (χ4n) is 6.35. The molecule has 30 heavy (non-hydrogen) atoms. The maximum atomic E-state index is 13.1. The van der Waals surface area contributed by atoms with E-state index in [0.717, 1.165) is 17.8 Å². The lowest BCUT2D eigenvalue weighted by Crippen LogP contribution is -2.55. The molecule has 0 aliphatic heterocycles. The zero-order valence-corrected chi connectivity index (χ0v) is 19.8. The first-order chi connectivity index (χ1) is 14.1. The van der Waals surface area contributed by atoms with Crippen LogP contribution in [0.25, 0.3) is 0 Å². The second-order valence-electron chi connectivity index (χ2n) is 10.0.